The second-order valence-electron chi connectivity index (χ2n) is 7.38. The lowest BCUT2D eigenvalue weighted by Crippen LogP contribution is -2.38. The highest BCUT2D eigenvalue weighted by Gasteiger charge is 2.40. The number of rotatable bonds is 4. The number of benzene rings is 2. The average Bonchev–Trinajstić information content (AvgIpc) is 2.97. The first-order chi connectivity index (χ1) is 12.2. The number of fused-ring (bicyclic) bond motifs is 1. The summed E-state index contributed by atoms with van der Waals surface area (Å²) in [5, 5.41) is 19.8. The van der Waals surface area contributed by atoms with Crippen molar-refractivity contribution in [3.63, 3.8) is 0 Å². The second kappa shape index (κ2) is 7.16. The molecule has 2 fully saturated rings. The van der Waals surface area contributed by atoms with Gasteiger partial charge in [-0.1, -0.05) is 30.3 Å². The molecule has 0 spiro atoms. The van der Waals surface area contributed by atoms with Gasteiger partial charge in [0.05, 0.1) is 12.2 Å². The summed E-state index contributed by atoms with van der Waals surface area (Å²) in [7, 11) is 0. The molecule has 0 unspecified atom stereocenters. The Bertz CT molecular complexity index is 687. The molecular weight excluding hydrogens is 314 g/mol. The Kier molecular flexibility index (Phi) is 4.75. The minimum Gasteiger partial charge on any atom is -0.457 e. The molecule has 2 aromatic rings. The molecule has 2 aromatic carbocycles. The van der Waals surface area contributed by atoms with Gasteiger partial charge >= 0.3 is 0 Å². The van der Waals surface area contributed by atoms with E-state index < -0.39 is 12.2 Å². The molecular formula is C21H25NO3. The van der Waals surface area contributed by atoms with Crippen molar-refractivity contribution in [2.75, 3.05) is 13.1 Å². The molecule has 25 heavy (non-hydrogen) atoms. The van der Waals surface area contributed by atoms with Crippen molar-refractivity contribution in [2.45, 2.75) is 31.6 Å². The molecule has 132 valence electrons. The lowest BCUT2D eigenvalue weighted by Gasteiger charge is -2.32. The second-order valence-corrected chi connectivity index (χ2v) is 7.38. The number of aliphatic hydroxyl groups excluding tert-OH is 2. The van der Waals surface area contributed by atoms with Gasteiger partial charge in [-0.3, -0.25) is 4.90 Å². The van der Waals surface area contributed by atoms with Crippen LogP contribution in [0.5, 0.6) is 11.5 Å². The first-order valence-electron chi connectivity index (χ1n) is 9.08. The van der Waals surface area contributed by atoms with Crippen molar-refractivity contribution >= 4 is 0 Å². The number of hydrogen-bond donors (Lipinski definition) is 2. The van der Waals surface area contributed by atoms with Crippen LogP contribution in [-0.2, 0) is 6.54 Å². The zero-order valence-corrected chi connectivity index (χ0v) is 14.3. The molecule has 1 heterocycles. The third-order valence-electron chi connectivity index (χ3n) is 5.47. The molecule has 2 N–H and O–H groups in total. The average molecular weight is 339 g/mol. The molecule has 0 bridgehead atoms. The molecule has 1 saturated carbocycles. The van der Waals surface area contributed by atoms with E-state index in [0.717, 1.165) is 44.0 Å². The van der Waals surface area contributed by atoms with E-state index in [1.54, 1.807) is 0 Å². The maximum absolute atomic E-state index is 9.89. The highest BCUT2D eigenvalue weighted by Crippen LogP contribution is 2.37. The van der Waals surface area contributed by atoms with Crippen molar-refractivity contribution in [3.8, 4) is 11.5 Å². The number of ether oxygens (including phenoxy) is 1. The lowest BCUT2D eigenvalue weighted by atomic mass is 9.79. The van der Waals surface area contributed by atoms with Crippen LogP contribution in [0.1, 0.15) is 18.4 Å². The minimum absolute atomic E-state index is 0.502. The highest BCUT2D eigenvalue weighted by atomic mass is 16.5. The summed E-state index contributed by atoms with van der Waals surface area (Å²) in [6, 6.07) is 18.0. The van der Waals surface area contributed by atoms with Gasteiger partial charge in [0, 0.05) is 19.6 Å². The van der Waals surface area contributed by atoms with E-state index in [0.29, 0.717) is 11.8 Å². The Labute approximate surface area is 148 Å². The van der Waals surface area contributed by atoms with Crippen LogP contribution in [0.4, 0.5) is 0 Å². The predicted molar refractivity (Wildman–Crippen MR) is 96.5 cm³/mol. The smallest absolute Gasteiger partial charge is 0.127 e. The topological polar surface area (TPSA) is 52.9 Å². The summed E-state index contributed by atoms with van der Waals surface area (Å²) in [5.41, 5.74) is 1.23. The molecule has 1 aliphatic heterocycles. The first-order valence-corrected chi connectivity index (χ1v) is 9.08. The van der Waals surface area contributed by atoms with Gasteiger partial charge in [0.15, 0.2) is 0 Å². The van der Waals surface area contributed by atoms with Crippen LogP contribution in [0.25, 0.3) is 0 Å². The van der Waals surface area contributed by atoms with Crippen LogP contribution in [0.15, 0.2) is 54.6 Å². The first kappa shape index (κ1) is 16.6. The molecule has 4 atom stereocenters. The van der Waals surface area contributed by atoms with E-state index in [4.69, 9.17) is 4.74 Å². The molecule has 0 aromatic heterocycles. The Balaban J connectivity index is 1.39. The summed E-state index contributed by atoms with van der Waals surface area (Å²) in [6.45, 7) is 2.88. The van der Waals surface area contributed by atoms with Gasteiger partial charge in [0.2, 0.25) is 0 Å². The van der Waals surface area contributed by atoms with Gasteiger partial charge < -0.3 is 14.9 Å². The van der Waals surface area contributed by atoms with Crippen molar-refractivity contribution in [3.05, 3.63) is 60.2 Å². The van der Waals surface area contributed by atoms with E-state index in [1.807, 2.05) is 42.5 Å². The third kappa shape index (κ3) is 3.87. The standard InChI is InChI=1S/C21H25NO3/c23-20-10-16-13-22(14-17(16)11-21(20)24)12-15-5-4-8-19(9-15)25-18-6-2-1-3-7-18/h1-9,16-17,20-21,23-24H,10-14H2/t16-,17+,20-,21-/m0/s1. The fraction of sp³-hybridized carbons (Fsp3) is 0.429. The lowest BCUT2D eigenvalue weighted by molar-refractivity contribution is -0.0372. The Morgan fingerprint density at radius 1 is 0.840 bits per heavy atom. The SMILES string of the molecule is O[C@H]1C[C@@H]2CN(Cc3cccc(Oc4ccccc4)c3)C[C@@H]2C[C@@H]1O. The van der Waals surface area contributed by atoms with E-state index >= 15 is 0 Å². The summed E-state index contributed by atoms with van der Waals surface area (Å²) >= 11 is 0. The fourth-order valence-corrected chi connectivity index (χ4v) is 4.22. The quantitative estimate of drug-likeness (QED) is 0.899. The minimum atomic E-state index is -0.552. The fourth-order valence-electron chi connectivity index (χ4n) is 4.22. The summed E-state index contributed by atoms with van der Waals surface area (Å²) < 4.78 is 5.92. The van der Waals surface area contributed by atoms with E-state index in [-0.39, 0.29) is 0 Å². The molecule has 0 radical (unpaired) electrons. The van der Waals surface area contributed by atoms with Crippen LogP contribution < -0.4 is 4.74 Å². The largest absolute Gasteiger partial charge is 0.457 e. The normalized spacial score (nSPS) is 29.4. The van der Waals surface area contributed by atoms with Gasteiger partial charge in [-0.2, -0.15) is 0 Å². The molecule has 4 heteroatoms. The molecule has 1 saturated heterocycles. The maximum atomic E-state index is 9.89. The van der Waals surface area contributed by atoms with E-state index in [1.165, 1.54) is 5.56 Å². The summed E-state index contributed by atoms with van der Waals surface area (Å²) in [4.78, 5) is 2.43. The Hall–Kier alpha value is -1.88. The number of hydrogen-bond acceptors (Lipinski definition) is 4. The van der Waals surface area contributed by atoms with Gasteiger partial charge in [-0.15, -0.1) is 0 Å². The van der Waals surface area contributed by atoms with Crippen molar-refractivity contribution in [2.24, 2.45) is 11.8 Å². The van der Waals surface area contributed by atoms with Gasteiger partial charge in [0.25, 0.3) is 0 Å². The Morgan fingerprint density at radius 2 is 1.48 bits per heavy atom. The third-order valence-corrected chi connectivity index (χ3v) is 5.47. The van der Waals surface area contributed by atoms with Crippen LogP contribution in [0, 0.1) is 11.8 Å². The zero-order chi connectivity index (χ0) is 17.2. The molecule has 0 amide bonds. The molecule has 1 aliphatic carbocycles. The van der Waals surface area contributed by atoms with Crippen LogP contribution in [0.3, 0.4) is 0 Å². The summed E-state index contributed by atoms with van der Waals surface area (Å²) in [6.07, 6.45) is 0.339. The number of nitrogens with zero attached hydrogens (tertiary/aromatic N) is 1. The van der Waals surface area contributed by atoms with Gasteiger partial charge in [-0.25, -0.2) is 0 Å². The van der Waals surface area contributed by atoms with E-state index in [2.05, 4.69) is 17.0 Å². The van der Waals surface area contributed by atoms with Gasteiger partial charge in [-0.05, 0) is 54.5 Å². The van der Waals surface area contributed by atoms with Crippen LogP contribution in [0.2, 0.25) is 0 Å². The number of aliphatic hydroxyl groups is 2. The number of para-hydroxylation sites is 1. The van der Waals surface area contributed by atoms with Crippen molar-refractivity contribution in [1.29, 1.82) is 0 Å². The van der Waals surface area contributed by atoms with Crippen molar-refractivity contribution < 1.29 is 14.9 Å². The van der Waals surface area contributed by atoms with Crippen LogP contribution >= 0.6 is 0 Å². The molecule has 2 aliphatic rings. The molecule has 4 rings (SSSR count). The molecule has 4 nitrogen and oxygen atoms in total. The monoisotopic (exact) mass is 339 g/mol. The Morgan fingerprint density at radius 3 is 2.16 bits per heavy atom. The highest BCUT2D eigenvalue weighted by molar-refractivity contribution is 5.33. The maximum Gasteiger partial charge on any atom is 0.127 e. The zero-order valence-electron chi connectivity index (χ0n) is 14.3. The summed E-state index contributed by atoms with van der Waals surface area (Å²) in [5.74, 6) is 2.70. The predicted octanol–water partition coefficient (Wildman–Crippen LogP) is 3.04. The van der Waals surface area contributed by atoms with Crippen LogP contribution in [-0.4, -0.2) is 40.4 Å². The number of likely N-dealkylation sites (tertiary alicyclic amines) is 1. The van der Waals surface area contributed by atoms with Gasteiger partial charge in [0.1, 0.15) is 11.5 Å². The van der Waals surface area contributed by atoms with Crippen molar-refractivity contribution in [1.82, 2.24) is 4.90 Å². The van der Waals surface area contributed by atoms with E-state index in [9.17, 15) is 10.2 Å².